The van der Waals surface area contributed by atoms with Gasteiger partial charge in [-0.3, -0.25) is 0 Å². The number of anilines is 2. The minimum absolute atomic E-state index is 0.0131. The maximum absolute atomic E-state index is 5.45. The van der Waals surface area contributed by atoms with Gasteiger partial charge in [0.05, 0.1) is 6.26 Å². The van der Waals surface area contributed by atoms with Crippen molar-refractivity contribution >= 4 is 11.4 Å². The van der Waals surface area contributed by atoms with Crippen molar-refractivity contribution in [3.8, 4) is 28.0 Å². The highest BCUT2D eigenvalue weighted by atomic mass is 16.5. The Morgan fingerprint density at radius 3 is 1.56 bits per heavy atom. The molecule has 206 valence electrons. The number of rotatable bonds is 10. The molecule has 0 heterocycles. The molecule has 0 saturated carbocycles. The summed E-state index contributed by atoms with van der Waals surface area (Å²) < 4.78 is 5.45. The Morgan fingerprint density at radius 1 is 0.634 bits per heavy atom. The lowest BCUT2D eigenvalue weighted by Gasteiger charge is -2.33. The zero-order valence-electron chi connectivity index (χ0n) is 24.6. The standard InChI is InChI=1S/C39H39NO/c1-6-39(7-2,34-22-16-31(17-23-34)30-14-12-29(4)13-15-30)35-24-18-32(19-25-35)33-20-26-36(27-21-33)40(5)37-10-9-11-38(28-37)41-8-3/h8-28H,3,6-7H2,1-2,4-5H3. The predicted molar refractivity (Wildman–Crippen MR) is 175 cm³/mol. The number of aryl methyl sites for hydroxylation is 1. The van der Waals surface area contributed by atoms with Crippen molar-refractivity contribution < 1.29 is 4.74 Å². The van der Waals surface area contributed by atoms with E-state index in [-0.39, 0.29) is 5.41 Å². The predicted octanol–water partition coefficient (Wildman–Crippen LogP) is 10.7. The van der Waals surface area contributed by atoms with Gasteiger partial charge in [-0.1, -0.05) is 117 Å². The Kier molecular flexibility index (Phi) is 8.40. The third-order valence-corrected chi connectivity index (χ3v) is 8.48. The van der Waals surface area contributed by atoms with E-state index in [9.17, 15) is 0 Å². The van der Waals surface area contributed by atoms with Gasteiger partial charge < -0.3 is 9.64 Å². The van der Waals surface area contributed by atoms with Crippen LogP contribution in [-0.2, 0) is 5.41 Å². The Morgan fingerprint density at radius 2 is 1.10 bits per heavy atom. The van der Waals surface area contributed by atoms with Crippen molar-refractivity contribution in [3.05, 3.63) is 151 Å². The van der Waals surface area contributed by atoms with Gasteiger partial charge in [-0.2, -0.15) is 0 Å². The number of nitrogens with zero attached hydrogens (tertiary/aromatic N) is 1. The van der Waals surface area contributed by atoms with Gasteiger partial charge in [-0.05, 0) is 77.4 Å². The first-order chi connectivity index (χ1) is 20.0. The summed E-state index contributed by atoms with van der Waals surface area (Å²) in [5, 5.41) is 0. The van der Waals surface area contributed by atoms with Crippen LogP contribution in [0.4, 0.5) is 11.4 Å². The molecule has 41 heavy (non-hydrogen) atoms. The van der Waals surface area contributed by atoms with E-state index in [1.165, 1.54) is 45.2 Å². The van der Waals surface area contributed by atoms with Crippen LogP contribution in [0.2, 0.25) is 0 Å². The highest BCUT2D eigenvalue weighted by Gasteiger charge is 2.30. The lowest BCUT2D eigenvalue weighted by molar-refractivity contribution is 0.478. The van der Waals surface area contributed by atoms with E-state index in [2.05, 4.69) is 142 Å². The molecule has 0 unspecified atom stereocenters. The van der Waals surface area contributed by atoms with Crippen LogP contribution in [0.25, 0.3) is 22.3 Å². The van der Waals surface area contributed by atoms with Gasteiger partial charge in [0.2, 0.25) is 0 Å². The second kappa shape index (κ2) is 12.3. The van der Waals surface area contributed by atoms with Crippen molar-refractivity contribution in [2.75, 3.05) is 11.9 Å². The Bertz CT molecular complexity index is 1580. The molecule has 0 fully saturated rings. The van der Waals surface area contributed by atoms with Crippen LogP contribution in [0.3, 0.4) is 0 Å². The molecule has 0 spiro atoms. The van der Waals surface area contributed by atoms with Gasteiger partial charge in [0.1, 0.15) is 5.75 Å². The number of ether oxygens (including phenoxy) is 1. The third-order valence-electron chi connectivity index (χ3n) is 8.48. The lowest BCUT2D eigenvalue weighted by atomic mass is 9.70. The smallest absolute Gasteiger partial charge is 0.128 e. The largest absolute Gasteiger partial charge is 0.466 e. The molecule has 0 radical (unpaired) electrons. The van der Waals surface area contributed by atoms with Gasteiger partial charge >= 0.3 is 0 Å². The monoisotopic (exact) mass is 537 g/mol. The molecule has 0 aliphatic carbocycles. The van der Waals surface area contributed by atoms with Crippen LogP contribution in [0, 0.1) is 6.92 Å². The topological polar surface area (TPSA) is 12.5 Å². The third kappa shape index (κ3) is 5.83. The van der Waals surface area contributed by atoms with Crippen LogP contribution in [-0.4, -0.2) is 7.05 Å². The number of hydrogen-bond acceptors (Lipinski definition) is 2. The molecule has 0 amide bonds. The normalized spacial score (nSPS) is 11.2. The highest BCUT2D eigenvalue weighted by Crippen LogP contribution is 2.40. The van der Waals surface area contributed by atoms with Crippen LogP contribution in [0.5, 0.6) is 5.75 Å². The summed E-state index contributed by atoms with van der Waals surface area (Å²) in [5.74, 6) is 0.776. The van der Waals surface area contributed by atoms with Crippen LogP contribution < -0.4 is 9.64 Å². The molecule has 0 aromatic heterocycles. The molecule has 0 N–H and O–H groups in total. The van der Waals surface area contributed by atoms with Gasteiger partial charge in [0.25, 0.3) is 0 Å². The molecule has 2 heteroatoms. The molecule has 0 aliphatic rings. The Labute approximate surface area is 245 Å². The van der Waals surface area contributed by atoms with Crippen molar-refractivity contribution in [2.24, 2.45) is 0 Å². The first-order valence-corrected chi connectivity index (χ1v) is 14.5. The quantitative estimate of drug-likeness (QED) is 0.164. The number of hydrogen-bond donors (Lipinski definition) is 0. The second-order valence-corrected chi connectivity index (χ2v) is 10.7. The van der Waals surface area contributed by atoms with Gasteiger partial charge in [0, 0.05) is 29.9 Å². The van der Waals surface area contributed by atoms with Gasteiger partial charge in [0.15, 0.2) is 0 Å². The molecule has 5 rings (SSSR count). The van der Waals surface area contributed by atoms with E-state index >= 15 is 0 Å². The summed E-state index contributed by atoms with van der Waals surface area (Å²) in [6.45, 7) is 10.4. The van der Waals surface area contributed by atoms with Crippen molar-refractivity contribution in [3.63, 3.8) is 0 Å². The average molecular weight is 538 g/mol. The molecular formula is C39H39NO. The molecular weight excluding hydrogens is 498 g/mol. The molecule has 5 aromatic rings. The minimum atomic E-state index is -0.0131. The van der Waals surface area contributed by atoms with Crippen LogP contribution in [0.15, 0.2) is 134 Å². The molecule has 0 bridgehead atoms. The summed E-state index contributed by atoms with van der Waals surface area (Å²) in [5.41, 5.74) is 11.1. The second-order valence-electron chi connectivity index (χ2n) is 10.7. The zero-order valence-corrected chi connectivity index (χ0v) is 24.6. The SMILES string of the molecule is C=COc1cccc(N(C)c2ccc(-c3ccc(C(CC)(CC)c4ccc(-c5ccc(C)cc5)cc4)cc3)cc2)c1. The fraction of sp³-hybridized carbons (Fsp3) is 0.179. The molecule has 0 saturated heterocycles. The Balaban J connectivity index is 1.36. The summed E-state index contributed by atoms with van der Waals surface area (Å²) in [6, 6.07) is 43.9. The van der Waals surface area contributed by atoms with E-state index in [0.29, 0.717) is 0 Å². The first kappa shape index (κ1) is 28.0. The molecule has 2 nitrogen and oxygen atoms in total. The van der Waals surface area contributed by atoms with Crippen molar-refractivity contribution in [2.45, 2.75) is 39.0 Å². The van der Waals surface area contributed by atoms with E-state index in [0.717, 1.165) is 30.0 Å². The van der Waals surface area contributed by atoms with E-state index in [1.54, 1.807) is 0 Å². The maximum atomic E-state index is 5.45. The first-order valence-electron chi connectivity index (χ1n) is 14.5. The minimum Gasteiger partial charge on any atom is -0.466 e. The zero-order chi connectivity index (χ0) is 28.8. The van der Waals surface area contributed by atoms with E-state index in [4.69, 9.17) is 4.74 Å². The maximum Gasteiger partial charge on any atom is 0.128 e. The van der Waals surface area contributed by atoms with Crippen molar-refractivity contribution in [1.82, 2.24) is 0 Å². The summed E-state index contributed by atoms with van der Waals surface area (Å²) >= 11 is 0. The van der Waals surface area contributed by atoms with E-state index < -0.39 is 0 Å². The lowest BCUT2D eigenvalue weighted by Crippen LogP contribution is -2.26. The molecule has 0 atom stereocenters. The Hall–Kier alpha value is -4.56. The molecule has 5 aromatic carbocycles. The van der Waals surface area contributed by atoms with E-state index in [1.807, 2.05) is 18.2 Å². The molecule has 0 aliphatic heterocycles. The highest BCUT2D eigenvalue weighted by molar-refractivity contribution is 5.70. The van der Waals surface area contributed by atoms with Gasteiger partial charge in [-0.25, -0.2) is 0 Å². The van der Waals surface area contributed by atoms with Crippen molar-refractivity contribution in [1.29, 1.82) is 0 Å². The summed E-state index contributed by atoms with van der Waals surface area (Å²) in [6.07, 6.45) is 3.55. The summed E-state index contributed by atoms with van der Waals surface area (Å²) in [7, 11) is 2.07. The number of benzene rings is 5. The summed E-state index contributed by atoms with van der Waals surface area (Å²) in [4.78, 5) is 2.16. The van der Waals surface area contributed by atoms with Gasteiger partial charge in [-0.15, -0.1) is 0 Å². The fourth-order valence-electron chi connectivity index (χ4n) is 5.83. The fourth-order valence-corrected chi connectivity index (χ4v) is 5.83. The van der Waals surface area contributed by atoms with Crippen LogP contribution >= 0.6 is 0 Å². The van der Waals surface area contributed by atoms with Crippen LogP contribution in [0.1, 0.15) is 43.4 Å². The average Bonchev–Trinajstić information content (AvgIpc) is 3.03.